The first kappa shape index (κ1) is 13.9. The van der Waals surface area contributed by atoms with Crippen molar-refractivity contribution in [1.82, 2.24) is 0 Å². The third-order valence-corrected chi connectivity index (χ3v) is 2.93. The number of nitro benzene ring substituents is 1. The van der Waals surface area contributed by atoms with Gasteiger partial charge in [0, 0.05) is 6.07 Å². The lowest BCUT2D eigenvalue weighted by Gasteiger charge is -2.15. The van der Waals surface area contributed by atoms with Crippen molar-refractivity contribution in [3.05, 3.63) is 64.2 Å². The molecule has 1 atom stereocenters. The van der Waals surface area contributed by atoms with Crippen molar-refractivity contribution in [3.8, 4) is 11.5 Å². The highest BCUT2D eigenvalue weighted by Gasteiger charge is 2.11. The molecule has 20 heavy (non-hydrogen) atoms. The van der Waals surface area contributed by atoms with E-state index in [2.05, 4.69) is 0 Å². The van der Waals surface area contributed by atoms with Gasteiger partial charge in [-0.05, 0) is 30.7 Å². The topological polar surface area (TPSA) is 61.6 Å². The van der Waals surface area contributed by atoms with Crippen molar-refractivity contribution >= 4 is 5.69 Å². The van der Waals surface area contributed by atoms with Gasteiger partial charge in [-0.2, -0.15) is 0 Å². The zero-order chi connectivity index (χ0) is 14.5. The molecule has 2 aromatic rings. The van der Waals surface area contributed by atoms with Crippen LogP contribution in [0.5, 0.6) is 11.5 Å². The highest BCUT2D eigenvalue weighted by atomic mass is 16.6. The minimum absolute atomic E-state index is 0.0180. The number of hydrogen-bond donors (Lipinski definition) is 0. The quantitative estimate of drug-likeness (QED) is 0.615. The molecule has 0 heterocycles. The summed E-state index contributed by atoms with van der Waals surface area (Å²) in [6, 6.07) is 13.7. The van der Waals surface area contributed by atoms with E-state index < -0.39 is 4.92 Å². The lowest BCUT2D eigenvalue weighted by atomic mass is 10.1. The predicted molar refractivity (Wildman–Crippen MR) is 75.1 cm³/mol. The summed E-state index contributed by atoms with van der Waals surface area (Å²) in [6.45, 7) is 1.89. The smallest absolute Gasteiger partial charge is 0.273 e. The second-order valence-corrected chi connectivity index (χ2v) is 4.29. The molecule has 0 aliphatic rings. The summed E-state index contributed by atoms with van der Waals surface area (Å²) in [5.41, 5.74) is 0.988. The van der Waals surface area contributed by atoms with Crippen molar-refractivity contribution in [2.24, 2.45) is 0 Å². The summed E-state index contributed by atoms with van der Waals surface area (Å²) in [5.74, 6) is 1.25. The third kappa shape index (κ3) is 3.26. The molecule has 1 unspecified atom stereocenters. The molecule has 104 valence electrons. The molecule has 0 radical (unpaired) electrons. The molecule has 2 rings (SSSR count). The molecular formula is C15H15NO4. The van der Waals surface area contributed by atoms with Crippen LogP contribution in [0.3, 0.4) is 0 Å². The van der Waals surface area contributed by atoms with Crippen LogP contribution in [0, 0.1) is 10.1 Å². The lowest BCUT2D eigenvalue weighted by molar-refractivity contribution is -0.384. The second kappa shape index (κ2) is 6.06. The molecule has 2 aromatic carbocycles. The SMILES string of the molecule is COc1ccc(C(C)Oc2cccc([N+](=O)[O-])c2)cc1. The Morgan fingerprint density at radius 2 is 1.80 bits per heavy atom. The molecule has 0 amide bonds. The van der Waals surface area contributed by atoms with Crippen LogP contribution >= 0.6 is 0 Å². The maximum absolute atomic E-state index is 10.7. The normalized spacial score (nSPS) is 11.7. The number of benzene rings is 2. The molecule has 0 bridgehead atoms. The molecule has 0 N–H and O–H groups in total. The van der Waals surface area contributed by atoms with Crippen LogP contribution in [-0.4, -0.2) is 12.0 Å². The summed E-state index contributed by atoms with van der Waals surface area (Å²) >= 11 is 0. The van der Waals surface area contributed by atoms with Gasteiger partial charge in [0.2, 0.25) is 0 Å². The van der Waals surface area contributed by atoms with E-state index in [1.165, 1.54) is 12.1 Å². The van der Waals surface area contributed by atoms with E-state index in [-0.39, 0.29) is 11.8 Å². The Balaban J connectivity index is 2.12. The molecule has 0 fully saturated rings. The van der Waals surface area contributed by atoms with Gasteiger partial charge in [-0.15, -0.1) is 0 Å². The van der Waals surface area contributed by atoms with Gasteiger partial charge in [0.1, 0.15) is 17.6 Å². The van der Waals surface area contributed by atoms with Crippen molar-refractivity contribution in [3.63, 3.8) is 0 Å². The van der Waals surface area contributed by atoms with Gasteiger partial charge in [-0.25, -0.2) is 0 Å². The average molecular weight is 273 g/mol. The highest BCUT2D eigenvalue weighted by Crippen LogP contribution is 2.26. The minimum atomic E-state index is -0.440. The summed E-state index contributed by atoms with van der Waals surface area (Å²) in [7, 11) is 1.61. The van der Waals surface area contributed by atoms with Crippen molar-refractivity contribution in [2.75, 3.05) is 7.11 Å². The Kier molecular flexibility index (Phi) is 4.20. The van der Waals surface area contributed by atoms with E-state index in [0.717, 1.165) is 11.3 Å². The van der Waals surface area contributed by atoms with E-state index in [4.69, 9.17) is 9.47 Å². The van der Waals surface area contributed by atoms with Crippen LogP contribution in [0.4, 0.5) is 5.69 Å². The Morgan fingerprint density at radius 3 is 2.40 bits per heavy atom. The summed E-state index contributed by atoms with van der Waals surface area (Å²) in [5, 5.41) is 10.7. The van der Waals surface area contributed by atoms with Crippen molar-refractivity contribution < 1.29 is 14.4 Å². The maximum atomic E-state index is 10.7. The number of rotatable bonds is 5. The lowest BCUT2D eigenvalue weighted by Crippen LogP contribution is -2.03. The standard InChI is InChI=1S/C15H15NO4/c1-11(12-6-8-14(19-2)9-7-12)20-15-5-3-4-13(10-15)16(17)18/h3-11H,1-2H3. The van der Waals surface area contributed by atoms with Crippen LogP contribution < -0.4 is 9.47 Å². The van der Waals surface area contributed by atoms with E-state index in [9.17, 15) is 10.1 Å². The molecular weight excluding hydrogens is 258 g/mol. The Morgan fingerprint density at radius 1 is 1.10 bits per heavy atom. The van der Waals surface area contributed by atoms with E-state index in [1.807, 2.05) is 31.2 Å². The largest absolute Gasteiger partial charge is 0.497 e. The molecule has 0 saturated carbocycles. The first-order valence-electron chi connectivity index (χ1n) is 6.15. The summed E-state index contributed by atoms with van der Waals surface area (Å²) in [4.78, 5) is 10.3. The fraction of sp³-hybridized carbons (Fsp3) is 0.200. The summed E-state index contributed by atoms with van der Waals surface area (Å²) in [6.07, 6.45) is -0.206. The Hall–Kier alpha value is -2.56. The number of nitrogens with zero attached hydrogens (tertiary/aromatic N) is 1. The highest BCUT2D eigenvalue weighted by molar-refractivity contribution is 5.38. The third-order valence-electron chi connectivity index (χ3n) is 2.93. The number of ether oxygens (including phenoxy) is 2. The number of nitro groups is 1. The summed E-state index contributed by atoms with van der Waals surface area (Å²) < 4.78 is 10.8. The average Bonchev–Trinajstić information content (AvgIpc) is 2.47. The molecule has 0 aliphatic heterocycles. The molecule has 0 aromatic heterocycles. The number of non-ortho nitro benzene ring substituents is 1. The zero-order valence-electron chi connectivity index (χ0n) is 11.3. The Labute approximate surface area is 116 Å². The van der Waals surface area contributed by atoms with Gasteiger partial charge >= 0.3 is 0 Å². The Bertz CT molecular complexity index is 595. The first-order valence-corrected chi connectivity index (χ1v) is 6.15. The molecule has 5 heteroatoms. The van der Waals surface area contributed by atoms with Gasteiger partial charge in [-0.1, -0.05) is 18.2 Å². The first-order chi connectivity index (χ1) is 9.60. The van der Waals surface area contributed by atoms with Crippen molar-refractivity contribution in [2.45, 2.75) is 13.0 Å². The zero-order valence-corrected chi connectivity index (χ0v) is 11.3. The fourth-order valence-corrected chi connectivity index (χ4v) is 1.82. The minimum Gasteiger partial charge on any atom is -0.497 e. The van der Waals surface area contributed by atoms with Crippen LogP contribution in [0.1, 0.15) is 18.6 Å². The second-order valence-electron chi connectivity index (χ2n) is 4.29. The monoisotopic (exact) mass is 273 g/mol. The van der Waals surface area contributed by atoms with E-state index >= 15 is 0 Å². The number of hydrogen-bond acceptors (Lipinski definition) is 4. The molecule has 0 spiro atoms. The van der Waals surface area contributed by atoms with Crippen molar-refractivity contribution in [1.29, 1.82) is 0 Å². The maximum Gasteiger partial charge on any atom is 0.273 e. The number of methoxy groups -OCH3 is 1. The van der Waals surface area contributed by atoms with Crippen LogP contribution in [0.15, 0.2) is 48.5 Å². The molecule has 0 aliphatic carbocycles. The van der Waals surface area contributed by atoms with Crippen LogP contribution in [-0.2, 0) is 0 Å². The van der Waals surface area contributed by atoms with Gasteiger partial charge in [-0.3, -0.25) is 10.1 Å². The van der Waals surface area contributed by atoms with Crippen LogP contribution in [0.2, 0.25) is 0 Å². The predicted octanol–water partition coefficient (Wildman–Crippen LogP) is 3.74. The van der Waals surface area contributed by atoms with E-state index in [1.54, 1.807) is 19.2 Å². The molecule has 0 saturated heterocycles. The molecule has 5 nitrogen and oxygen atoms in total. The fourth-order valence-electron chi connectivity index (χ4n) is 1.82. The van der Waals surface area contributed by atoms with Gasteiger partial charge in [0.15, 0.2) is 0 Å². The van der Waals surface area contributed by atoms with Gasteiger partial charge in [0.25, 0.3) is 5.69 Å². The van der Waals surface area contributed by atoms with Gasteiger partial charge < -0.3 is 9.47 Å². The van der Waals surface area contributed by atoms with Crippen LogP contribution in [0.25, 0.3) is 0 Å². The van der Waals surface area contributed by atoms with E-state index in [0.29, 0.717) is 5.75 Å². The van der Waals surface area contributed by atoms with Gasteiger partial charge in [0.05, 0.1) is 18.1 Å².